The predicted molar refractivity (Wildman–Crippen MR) is 64.0 cm³/mol. The van der Waals surface area contributed by atoms with Gasteiger partial charge in [0.05, 0.1) is 4.92 Å². The Hall–Kier alpha value is -2.21. The predicted octanol–water partition coefficient (Wildman–Crippen LogP) is 2.17. The molecule has 0 fully saturated rings. The number of nitrogens with zero attached hydrogens (tertiary/aromatic N) is 2. The van der Waals surface area contributed by atoms with Gasteiger partial charge in [-0.25, -0.2) is 0 Å². The van der Waals surface area contributed by atoms with Crippen molar-refractivity contribution in [2.45, 2.75) is 12.8 Å². The van der Waals surface area contributed by atoms with Crippen molar-refractivity contribution in [3.63, 3.8) is 0 Å². The van der Waals surface area contributed by atoms with Gasteiger partial charge in [-0.3, -0.25) is 10.1 Å². The molecule has 1 N–H and O–H groups in total. The molecule has 0 saturated carbocycles. The summed E-state index contributed by atoms with van der Waals surface area (Å²) in [5, 5.41) is 23.2. The molecule has 0 radical (unpaired) electrons. The summed E-state index contributed by atoms with van der Waals surface area (Å²) in [7, 11) is 0. The van der Waals surface area contributed by atoms with Gasteiger partial charge >= 0.3 is 0 Å². The molecule has 94 valence electrons. The fraction of sp³-hybridized carbons (Fsp3) is 0.250. The maximum atomic E-state index is 10.7. The number of benzene rings is 1. The molecule has 18 heavy (non-hydrogen) atoms. The molecule has 0 atom stereocenters. The quantitative estimate of drug-likeness (QED) is 0.647. The lowest BCUT2D eigenvalue weighted by Gasteiger charge is -1.95. The van der Waals surface area contributed by atoms with Crippen LogP contribution in [0.5, 0.6) is 0 Å². The number of hydrogen-bond acceptors (Lipinski definition) is 5. The number of rotatable bonds is 5. The Labute approximate surface area is 103 Å². The molecule has 6 heteroatoms. The molecule has 0 aliphatic carbocycles. The van der Waals surface area contributed by atoms with Gasteiger partial charge in [0, 0.05) is 36.8 Å². The number of non-ortho nitro benzene ring substituents is 1. The van der Waals surface area contributed by atoms with E-state index in [0.29, 0.717) is 29.9 Å². The third kappa shape index (κ3) is 2.72. The van der Waals surface area contributed by atoms with Crippen molar-refractivity contribution in [2.75, 3.05) is 6.61 Å². The van der Waals surface area contributed by atoms with Crippen LogP contribution in [-0.4, -0.2) is 21.8 Å². The van der Waals surface area contributed by atoms with Crippen molar-refractivity contribution >= 4 is 5.69 Å². The number of aromatic nitrogens is 1. The lowest BCUT2D eigenvalue weighted by Crippen LogP contribution is -1.88. The first-order valence-electron chi connectivity index (χ1n) is 5.52. The molecular weight excluding hydrogens is 236 g/mol. The average Bonchev–Trinajstić information content (AvgIpc) is 2.85. The van der Waals surface area contributed by atoms with Crippen LogP contribution in [0, 0.1) is 10.1 Å². The fourth-order valence-corrected chi connectivity index (χ4v) is 1.60. The minimum atomic E-state index is -0.448. The third-order valence-corrected chi connectivity index (χ3v) is 2.49. The number of nitro benzene ring substituents is 1. The zero-order chi connectivity index (χ0) is 13.0. The zero-order valence-electron chi connectivity index (χ0n) is 9.57. The van der Waals surface area contributed by atoms with Crippen LogP contribution in [0.3, 0.4) is 0 Å². The van der Waals surface area contributed by atoms with Crippen LogP contribution < -0.4 is 0 Å². The van der Waals surface area contributed by atoms with Gasteiger partial charge in [0.1, 0.15) is 11.5 Å². The van der Waals surface area contributed by atoms with Crippen molar-refractivity contribution in [3.05, 3.63) is 46.2 Å². The third-order valence-electron chi connectivity index (χ3n) is 2.49. The molecule has 1 heterocycles. The highest BCUT2D eigenvalue weighted by Crippen LogP contribution is 2.23. The SMILES string of the molecule is O=[N+]([O-])c1cccc(-c2cc(CCCO)on2)c1. The minimum absolute atomic E-state index is 0.0207. The number of aryl methyl sites for hydroxylation is 1. The molecule has 2 rings (SSSR count). The van der Waals surface area contributed by atoms with Crippen LogP contribution in [0.15, 0.2) is 34.9 Å². The van der Waals surface area contributed by atoms with Crippen LogP contribution >= 0.6 is 0 Å². The smallest absolute Gasteiger partial charge is 0.270 e. The molecule has 1 aromatic carbocycles. The minimum Gasteiger partial charge on any atom is -0.396 e. The van der Waals surface area contributed by atoms with Gasteiger partial charge in [0.2, 0.25) is 0 Å². The van der Waals surface area contributed by atoms with Crippen molar-refractivity contribution in [1.82, 2.24) is 5.16 Å². The Morgan fingerprint density at radius 3 is 2.94 bits per heavy atom. The molecule has 0 spiro atoms. The van der Waals surface area contributed by atoms with Crippen LogP contribution in [-0.2, 0) is 6.42 Å². The Balaban J connectivity index is 2.23. The summed E-state index contributed by atoms with van der Waals surface area (Å²) in [6.07, 6.45) is 1.20. The van der Waals surface area contributed by atoms with Gasteiger partial charge in [0.15, 0.2) is 0 Å². The Morgan fingerprint density at radius 1 is 1.39 bits per heavy atom. The number of nitro groups is 1. The first-order chi connectivity index (χ1) is 8.70. The van der Waals surface area contributed by atoms with Gasteiger partial charge in [-0.15, -0.1) is 0 Å². The Bertz CT molecular complexity index is 551. The summed E-state index contributed by atoms with van der Waals surface area (Å²) in [4.78, 5) is 10.2. The second-order valence-electron chi connectivity index (χ2n) is 3.81. The molecule has 0 unspecified atom stereocenters. The van der Waals surface area contributed by atoms with Gasteiger partial charge in [-0.05, 0) is 6.42 Å². The second kappa shape index (κ2) is 5.42. The highest BCUT2D eigenvalue weighted by atomic mass is 16.6. The van der Waals surface area contributed by atoms with Gasteiger partial charge in [-0.2, -0.15) is 0 Å². The van der Waals surface area contributed by atoms with E-state index < -0.39 is 4.92 Å². The molecule has 2 aromatic rings. The highest BCUT2D eigenvalue weighted by Gasteiger charge is 2.10. The maximum Gasteiger partial charge on any atom is 0.270 e. The van der Waals surface area contributed by atoms with E-state index >= 15 is 0 Å². The van der Waals surface area contributed by atoms with E-state index in [-0.39, 0.29) is 12.3 Å². The van der Waals surface area contributed by atoms with Crippen molar-refractivity contribution < 1.29 is 14.6 Å². The van der Waals surface area contributed by atoms with E-state index in [9.17, 15) is 10.1 Å². The Morgan fingerprint density at radius 2 is 2.22 bits per heavy atom. The van der Waals surface area contributed by atoms with Crippen LogP contribution in [0.25, 0.3) is 11.3 Å². The molecule has 0 aliphatic rings. The summed E-state index contributed by atoms with van der Waals surface area (Å²) < 4.78 is 5.09. The summed E-state index contributed by atoms with van der Waals surface area (Å²) in [6, 6.07) is 7.95. The number of aliphatic hydroxyl groups excluding tert-OH is 1. The second-order valence-corrected chi connectivity index (χ2v) is 3.81. The maximum absolute atomic E-state index is 10.7. The molecule has 0 amide bonds. The largest absolute Gasteiger partial charge is 0.396 e. The van der Waals surface area contributed by atoms with Crippen molar-refractivity contribution in [3.8, 4) is 11.3 Å². The normalized spacial score (nSPS) is 10.5. The topological polar surface area (TPSA) is 89.4 Å². The first-order valence-corrected chi connectivity index (χ1v) is 5.52. The van der Waals surface area contributed by atoms with Crippen molar-refractivity contribution in [2.24, 2.45) is 0 Å². The zero-order valence-corrected chi connectivity index (χ0v) is 9.57. The van der Waals surface area contributed by atoms with E-state index in [1.165, 1.54) is 12.1 Å². The standard InChI is InChI=1S/C12H12N2O4/c15-6-2-5-11-8-12(13-18-11)9-3-1-4-10(7-9)14(16)17/h1,3-4,7-8,15H,2,5-6H2. The molecule has 1 aromatic heterocycles. The van der Waals surface area contributed by atoms with Crippen molar-refractivity contribution in [1.29, 1.82) is 0 Å². The lowest BCUT2D eigenvalue weighted by atomic mass is 10.1. The average molecular weight is 248 g/mol. The Kier molecular flexibility index (Phi) is 3.69. The van der Waals surface area contributed by atoms with Gasteiger partial charge < -0.3 is 9.63 Å². The molecule has 0 saturated heterocycles. The monoisotopic (exact) mass is 248 g/mol. The summed E-state index contributed by atoms with van der Waals surface area (Å²) in [6.45, 7) is 0.0901. The summed E-state index contributed by atoms with van der Waals surface area (Å²) >= 11 is 0. The number of hydrogen-bond donors (Lipinski definition) is 1. The van der Waals surface area contributed by atoms with E-state index in [2.05, 4.69) is 5.16 Å². The van der Waals surface area contributed by atoms with Crippen LogP contribution in [0.4, 0.5) is 5.69 Å². The fourth-order valence-electron chi connectivity index (χ4n) is 1.60. The van der Waals surface area contributed by atoms with E-state index in [4.69, 9.17) is 9.63 Å². The molecule has 6 nitrogen and oxygen atoms in total. The van der Waals surface area contributed by atoms with E-state index in [0.717, 1.165) is 0 Å². The molecule has 0 bridgehead atoms. The lowest BCUT2D eigenvalue weighted by molar-refractivity contribution is -0.384. The van der Waals surface area contributed by atoms with E-state index in [1.54, 1.807) is 18.2 Å². The first kappa shape index (κ1) is 12.3. The molecular formula is C12H12N2O4. The summed E-state index contributed by atoms with van der Waals surface area (Å²) in [5.74, 6) is 0.658. The van der Waals surface area contributed by atoms with Crippen LogP contribution in [0.1, 0.15) is 12.2 Å². The van der Waals surface area contributed by atoms with E-state index in [1.807, 2.05) is 0 Å². The van der Waals surface area contributed by atoms with Crippen LogP contribution in [0.2, 0.25) is 0 Å². The summed E-state index contributed by atoms with van der Waals surface area (Å²) in [5.41, 5.74) is 1.22. The molecule has 0 aliphatic heterocycles. The highest BCUT2D eigenvalue weighted by molar-refractivity contribution is 5.62. The van der Waals surface area contributed by atoms with Gasteiger partial charge in [0.25, 0.3) is 5.69 Å². The van der Waals surface area contributed by atoms with Gasteiger partial charge in [-0.1, -0.05) is 17.3 Å². The number of aliphatic hydroxyl groups is 1.